The third kappa shape index (κ3) is 19.4. The predicted octanol–water partition coefficient (Wildman–Crippen LogP) is 7.39. The van der Waals surface area contributed by atoms with Crippen LogP contribution < -0.4 is 43.4 Å². The number of amides is 6. The number of aryl methyl sites for hydroxylation is 1. The third-order valence-electron chi connectivity index (χ3n) is 9.25. The minimum absolute atomic E-state index is 0.192. The molecule has 5 heterocycles. The maximum absolute atomic E-state index is 12.4. The number of ether oxygens (including phenoxy) is 1. The van der Waals surface area contributed by atoms with Crippen molar-refractivity contribution < 1.29 is 28.2 Å². The van der Waals surface area contributed by atoms with Crippen LogP contribution in [-0.2, 0) is 22.1 Å². The number of nitrogens with two attached hydrogens (primary N) is 2. The topological polar surface area (TPSA) is 306 Å². The summed E-state index contributed by atoms with van der Waals surface area (Å²) in [6.45, 7) is 14.9. The summed E-state index contributed by atoms with van der Waals surface area (Å²) in [6, 6.07) is 16.2. The van der Waals surface area contributed by atoms with Gasteiger partial charge in [0.1, 0.15) is 11.5 Å². The molecule has 0 aliphatic rings. The Morgan fingerprint density at radius 3 is 1.49 bits per heavy atom. The standard InChI is InChI=1S/C26H28N8O2.C23H26N6O3.CH4N2O/c1-26(2,3)22-15-23(33-36-22)32-25(35)31-21-7-4-6-19(14-21)8-9-20-16-29-24(30-17-20)28-10-5-12-34-13-11-27-18-34;1-23(2,3)19-13-20(29-32-19)28-22(30)27-18-7-5-6-16(12-18)8-9-17-14-25-21(26-15-17)24-10-11-31-4;2-1(3)4/h4,6-7,11,13-18H,5,10,12H2,1-3H3,(H,28,29,30)(H2,31,32,33,35);5-7,12-15H,10-11H2,1-4H3,(H,24,25,26)(H2,27,28,29,30);(H4,2,3,4). The van der Waals surface area contributed by atoms with Crippen LogP contribution in [0.3, 0.4) is 0 Å². The molecule has 7 rings (SSSR count). The van der Waals surface area contributed by atoms with Crippen molar-refractivity contribution in [3.8, 4) is 23.7 Å². The molecule has 0 spiro atoms. The van der Waals surface area contributed by atoms with Crippen LogP contribution in [0.5, 0.6) is 0 Å². The van der Waals surface area contributed by atoms with Crippen LogP contribution in [-0.4, -0.2) is 84.7 Å². The average Bonchev–Trinajstić information content (AvgIpc) is 4.14. The first-order valence-corrected chi connectivity index (χ1v) is 22.4. The summed E-state index contributed by atoms with van der Waals surface area (Å²) >= 11 is 0. The number of hydrogen-bond donors (Lipinski definition) is 8. The fourth-order valence-corrected chi connectivity index (χ4v) is 5.68. The van der Waals surface area contributed by atoms with Crippen molar-refractivity contribution in [3.63, 3.8) is 0 Å². The van der Waals surface area contributed by atoms with E-state index < -0.39 is 18.1 Å². The summed E-state index contributed by atoms with van der Waals surface area (Å²) in [6.07, 6.45) is 13.1. The molecule has 374 valence electrons. The lowest BCUT2D eigenvalue weighted by molar-refractivity contribution is 0.210. The molecule has 0 saturated heterocycles. The number of imidazole rings is 1. The first-order valence-electron chi connectivity index (χ1n) is 22.4. The van der Waals surface area contributed by atoms with Gasteiger partial charge >= 0.3 is 18.1 Å². The lowest BCUT2D eigenvalue weighted by Gasteiger charge is -2.12. The number of primary amides is 2. The van der Waals surface area contributed by atoms with Gasteiger partial charge in [0, 0.05) is 109 Å². The van der Waals surface area contributed by atoms with Crippen molar-refractivity contribution in [1.29, 1.82) is 0 Å². The van der Waals surface area contributed by atoms with Crippen LogP contribution in [0.4, 0.5) is 49.3 Å². The number of anilines is 6. The van der Waals surface area contributed by atoms with Gasteiger partial charge in [-0.05, 0) is 42.8 Å². The molecule has 10 N–H and O–H groups in total. The van der Waals surface area contributed by atoms with Crippen molar-refractivity contribution in [3.05, 3.63) is 138 Å². The van der Waals surface area contributed by atoms with Crippen LogP contribution in [0.15, 0.2) is 113 Å². The first-order chi connectivity index (χ1) is 34.4. The smallest absolute Gasteiger partial charge is 0.324 e. The van der Waals surface area contributed by atoms with E-state index in [0.29, 0.717) is 70.7 Å². The first kappa shape index (κ1) is 53.7. The van der Waals surface area contributed by atoms with E-state index in [1.54, 1.807) is 80.8 Å². The van der Waals surface area contributed by atoms with E-state index in [1.807, 2.05) is 76.6 Å². The molecule has 7 aromatic rings. The summed E-state index contributed by atoms with van der Waals surface area (Å²) in [4.78, 5) is 54.7. The van der Waals surface area contributed by atoms with E-state index in [0.717, 1.165) is 30.6 Å². The number of methoxy groups -OCH3 is 1. The molecule has 22 heteroatoms. The molecule has 6 amide bonds. The Morgan fingerprint density at radius 1 is 0.639 bits per heavy atom. The highest BCUT2D eigenvalue weighted by atomic mass is 16.5. The van der Waals surface area contributed by atoms with Gasteiger partial charge in [0.2, 0.25) is 11.9 Å². The second-order valence-electron chi connectivity index (χ2n) is 17.5. The van der Waals surface area contributed by atoms with E-state index in [-0.39, 0.29) is 10.8 Å². The van der Waals surface area contributed by atoms with Gasteiger partial charge in [-0.2, -0.15) is 0 Å². The van der Waals surface area contributed by atoms with E-state index in [9.17, 15) is 9.59 Å². The summed E-state index contributed by atoms with van der Waals surface area (Å²) in [7, 11) is 1.64. The van der Waals surface area contributed by atoms with Crippen molar-refractivity contribution in [2.45, 2.75) is 65.3 Å². The molecule has 22 nitrogen and oxygen atoms in total. The van der Waals surface area contributed by atoms with Gasteiger partial charge in [-0.15, -0.1) is 0 Å². The largest absolute Gasteiger partial charge is 0.383 e. The minimum Gasteiger partial charge on any atom is -0.383 e. The van der Waals surface area contributed by atoms with Crippen LogP contribution in [0.25, 0.3) is 0 Å². The Labute approximate surface area is 416 Å². The highest BCUT2D eigenvalue weighted by molar-refractivity contribution is 6.00. The lowest BCUT2D eigenvalue weighted by Crippen LogP contribution is -2.19. The number of urea groups is 3. The maximum atomic E-state index is 12.4. The van der Waals surface area contributed by atoms with E-state index in [1.165, 1.54) is 0 Å². The molecule has 0 aliphatic carbocycles. The number of nitrogens with zero attached hydrogens (tertiary/aromatic N) is 8. The number of rotatable bonds is 13. The van der Waals surface area contributed by atoms with Crippen LogP contribution in [0.2, 0.25) is 0 Å². The van der Waals surface area contributed by atoms with Crippen LogP contribution >= 0.6 is 0 Å². The van der Waals surface area contributed by atoms with Crippen molar-refractivity contribution in [2.75, 3.05) is 58.7 Å². The fraction of sp³-hybridized carbons (Fsp3) is 0.280. The monoisotopic (exact) mass is 978 g/mol. The number of hydrogen-bond acceptors (Lipinski definition) is 15. The van der Waals surface area contributed by atoms with E-state index in [2.05, 4.69) is 102 Å². The van der Waals surface area contributed by atoms with Crippen molar-refractivity contribution >= 4 is 53.0 Å². The van der Waals surface area contributed by atoms with E-state index >= 15 is 0 Å². The Kier molecular flexibility index (Phi) is 19.7. The molecule has 0 fully saturated rings. The fourth-order valence-electron chi connectivity index (χ4n) is 5.68. The number of aromatic nitrogens is 8. The van der Waals surface area contributed by atoms with Gasteiger partial charge in [-0.1, -0.05) is 87.7 Å². The SMILES string of the molecule is CC(C)(C)c1cc(NC(=O)Nc2cccc(C#Cc3cnc(NCCCn4ccnc4)nc3)c2)no1.COCCNc1ncc(C#Cc2cccc(NC(=O)Nc3cc(C(C)(C)C)on3)c2)cn1.NC(N)=O. The highest BCUT2D eigenvalue weighted by Gasteiger charge is 2.21. The predicted molar refractivity (Wildman–Crippen MR) is 274 cm³/mol. The Hall–Kier alpha value is -9.28. The van der Waals surface area contributed by atoms with Gasteiger partial charge in [-0.3, -0.25) is 10.6 Å². The second-order valence-corrected chi connectivity index (χ2v) is 17.5. The molecule has 0 atom stereocenters. The second kappa shape index (κ2) is 26.5. The number of nitrogens with one attached hydrogen (secondary N) is 6. The highest BCUT2D eigenvalue weighted by Crippen LogP contribution is 2.26. The third-order valence-corrected chi connectivity index (χ3v) is 9.25. The molecule has 5 aromatic heterocycles. The van der Waals surface area contributed by atoms with Gasteiger partial charge in [0.05, 0.1) is 24.1 Å². The van der Waals surface area contributed by atoms with Gasteiger partial charge in [0.15, 0.2) is 11.6 Å². The van der Waals surface area contributed by atoms with Crippen LogP contribution in [0.1, 0.15) is 81.7 Å². The molecule has 2 aromatic carbocycles. The van der Waals surface area contributed by atoms with Gasteiger partial charge in [-0.25, -0.2) is 39.3 Å². The van der Waals surface area contributed by atoms with Crippen LogP contribution in [0, 0.1) is 23.7 Å². The molecular weight excluding hydrogens is 921 g/mol. The zero-order valence-electron chi connectivity index (χ0n) is 41.0. The average molecular weight is 979 g/mol. The summed E-state index contributed by atoms with van der Waals surface area (Å²) in [5.41, 5.74) is 12.2. The number of benzene rings is 2. The maximum Gasteiger partial charge on any atom is 0.324 e. The number of carbonyl (C=O) groups is 3. The van der Waals surface area contributed by atoms with Gasteiger partial charge in [0.25, 0.3) is 0 Å². The molecule has 0 aliphatic heterocycles. The Morgan fingerprint density at radius 2 is 1.08 bits per heavy atom. The molecule has 0 saturated carbocycles. The van der Waals surface area contributed by atoms with Crippen molar-refractivity contribution in [1.82, 2.24) is 39.8 Å². The summed E-state index contributed by atoms with van der Waals surface area (Å²) in [5.74, 6) is 15.3. The Balaban J connectivity index is 0.000000250. The Bertz CT molecular complexity index is 2950. The van der Waals surface area contributed by atoms with E-state index in [4.69, 9.17) is 18.6 Å². The summed E-state index contributed by atoms with van der Waals surface area (Å²) < 4.78 is 17.6. The zero-order valence-corrected chi connectivity index (χ0v) is 41.0. The molecule has 0 bridgehead atoms. The summed E-state index contributed by atoms with van der Waals surface area (Å²) in [5, 5.41) is 24.9. The van der Waals surface area contributed by atoms with Crippen molar-refractivity contribution in [2.24, 2.45) is 11.5 Å². The zero-order chi connectivity index (χ0) is 51.9. The molecular formula is C50H58N16O6. The lowest BCUT2D eigenvalue weighted by atomic mass is 9.93. The molecule has 0 radical (unpaired) electrons. The molecule has 0 unspecified atom stereocenters. The quantitative estimate of drug-likeness (QED) is 0.0412. The molecule has 72 heavy (non-hydrogen) atoms. The van der Waals surface area contributed by atoms with Gasteiger partial charge < -0.3 is 51.1 Å². The minimum atomic E-state index is -0.833. The number of carbonyl (C=O) groups excluding carboxylic acids is 3. The normalized spacial score (nSPS) is 10.5.